The van der Waals surface area contributed by atoms with Crippen molar-refractivity contribution < 1.29 is 28.6 Å². The summed E-state index contributed by atoms with van der Waals surface area (Å²) in [6.45, 7) is 3.75. The van der Waals surface area contributed by atoms with E-state index in [9.17, 15) is 14.4 Å². The molecule has 128 valence electrons. The monoisotopic (exact) mass is 332 g/mol. The first-order valence-corrected chi connectivity index (χ1v) is 7.89. The lowest BCUT2D eigenvalue weighted by Gasteiger charge is -2.20. The van der Waals surface area contributed by atoms with E-state index >= 15 is 0 Å². The maximum atomic E-state index is 12.3. The van der Waals surface area contributed by atoms with Crippen LogP contribution in [-0.4, -0.2) is 25.0 Å². The summed E-state index contributed by atoms with van der Waals surface area (Å²) in [5.41, 5.74) is 0.0281. The predicted molar refractivity (Wildman–Crippen MR) is 85.8 cm³/mol. The van der Waals surface area contributed by atoms with Gasteiger partial charge in [0.05, 0.1) is 5.92 Å². The Labute approximate surface area is 140 Å². The summed E-state index contributed by atoms with van der Waals surface area (Å²) in [4.78, 5) is 34.9. The van der Waals surface area contributed by atoms with Crippen LogP contribution >= 0.6 is 0 Å². The molecular formula is C18H20O6. The minimum atomic E-state index is -0.683. The molecule has 0 heterocycles. The number of carbonyl (C=O) groups is 3. The zero-order valence-electron chi connectivity index (χ0n) is 13.4. The van der Waals surface area contributed by atoms with Crippen LogP contribution in [0.3, 0.4) is 0 Å². The second kappa shape index (κ2) is 8.86. The van der Waals surface area contributed by atoms with Gasteiger partial charge >= 0.3 is 11.9 Å². The Balaban J connectivity index is 2.19. The summed E-state index contributed by atoms with van der Waals surface area (Å²) in [7, 11) is 0. The van der Waals surface area contributed by atoms with Crippen molar-refractivity contribution in [2.45, 2.75) is 32.1 Å². The van der Waals surface area contributed by atoms with Gasteiger partial charge in [0.15, 0.2) is 0 Å². The van der Waals surface area contributed by atoms with E-state index in [2.05, 4.69) is 6.58 Å². The van der Waals surface area contributed by atoms with Gasteiger partial charge in [-0.25, -0.2) is 4.79 Å². The van der Waals surface area contributed by atoms with Crippen LogP contribution in [0.1, 0.15) is 42.5 Å². The number of esters is 2. The van der Waals surface area contributed by atoms with Crippen LogP contribution in [0.5, 0.6) is 11.5 Å². The third-order valence-electron chi connectivity index (χ3n) is 3.84. The molecule has 24 heavy (non-hydrogen) atoms. The van der Waals surface area contributed by atoms with Crippen molar-refractivity contribution in [3.8, 4) is 11.5 Å². The molecule has 0 bridgehead atoms. The van der Waals surface area contributed by atoms with Crippen molar-refractivity contribution >= 4 is 18.4 Å². The molecule has 1 aromatic rings. The Morgan fingerprint density at radius 2 is 1.96 bits per heavy atom. The molecule has 0 saturated heterocycles. The third kappa shape index (κ3) is 4.68. The van der Waals surface area contributed by atoms with E-state index < -0.39 is 5.97 Å². The minimum Gasteiger partial charge on any atom is -0.458 e. The normalized spacial score (nSPS) is 14.5. The fraction of sp³-hybridized carbons (Fsp3) is 0.389. The molecule has 1 aliphatic carbocycles. The van der Waals surface area contributed by atoms with Crippen LogP contribution in [0.15, 0.2) is 30.9 Å². The first-order valence-electron chi connectivity index (χ1n) is 7.89. The van der Waals surface area contributed by atoms with Gasteiger partial charge in [-0.2, -0.15) is 0 Å². The maximum Gasteiger partial charge on any atom is 0.342 e. The van der Waals surface area contributed by atoms with E-state index in [-0.39, 0.29) is 42.0 Å². The standard InChI is InChI=1S/C18H20O6/c1-2-10-22-18(21)15-11-14(23-12-19)8-9-16(15)24-17(20)13-6-4-3-5-7-13/h2,8-9,11-13H,1,3-7,10H2. The van der Waals surface area contributed by atoms with Gasteiger partial charge < -0.3 is 14.2 Å². The first kappa shape index (κ1) is 17.7. The summed E-state index contributed by atoms with van der Waals surface area (Å²) in [5.74, 6) is -0.929. The zero-order chi connectivity index (χ0) is 17.4. The SMILES string of the molecule is C=CCOC(=O)c1cc(OC=O)ccc1OC(=O)C1CCCCC1. The summed E-state index contributed by atoms with van der Waals surface area (Å²) in [6, 6.07) is 4.18. The first-order chi connectivity index (χ1) is 11.7. The average molecular weight is 332 g/mol. The molecule has 0 spiro atoms. The van der Waals surface area contributed by atoms with Crippen LogP contribution in [0.4, 0.5) is 0 Å². The van der Waals surface area contributed by atoms with Gasteiger partial charge in [0.25, 0.3) is 6.47 Å². The van der Waals surface area contributed by atoms with E-state index in [1.165, 1.54) is 24.3 Å². The lowest BCUT2D eigenvalue weighted by Crippen LogP contribution is -2.23. The molecule has 6 nitrogen and oxygen atoms in total. The topological polar surface area (TPSA) is 78.9 Å². The molecule has 1 fully saturated rings. The average Bonchev–Trinajstić information content (AvgIpc) is 2.61. The van der Waals surface area contributed by atoms with Crippen molar-refractivity contribution in [3.63, 3.8) is 0 Å². The highest BCUT2D eigenvalue weighted by Crippen LogP contribution is 2.29. The third-order valence-corrected chi connectivity index (χ3v) is 3.84. The number of ether oxygens (including phenoxy) is 3. The fourth-order valence-corrected chi connectivity index (χ4v) is 2.63. The smallest absolute Gasteiger partial charge is 0.342 e. The summed E-state index contributed by atoms with van der Waals surface area (Å²) in [6.07, 6.45) is 6.14. The Kier molecular flexibility index (Phi) is 6.54. The highest BCUT2D eigenvalue weighted by Gasteiger charge is 2.25. The Hall–Kier alpha value is -2.63. The van der Waals surface area contributed by atoms with Gasteiger partial charge in [-0.1, -0.05) is 31.9 Å². The minimum absolute atomic E-state index is 0.0214. The van der Waals surface area contributed by atoms with Crippen LogP contribution in [0.2, 0.25) is 0 Å². The van der Waals surface area contributed by atoms with Crippen LogP contribution in [0, 0.1) is 5.92 Å². The van der Waals surface area contributed by atoms with Crippen LogP contribution in [-0.2, 0) is 14.3 Å². The van der Waals surface area contributed by atoms with Gasteiger partial charge in [-0.3, -0.25) is 9.59 Å². The Bertz CT molecular complexity index is 616. The van der Waals surface area contributed by atoms with Crippen molar-refractivity contribution in [3.05, 3.63) is 36.4 Å². The number of hydrogen-bond donors (Lipinski definition) is 0. The number of carbonyl (C=O) groups excluding carboxylic acids is 3. The summed E-state index contributed by atoms with van der Waals surface area (Å²) < 4.78 is 15.1. The van der Waals surface area contributed by atoms with Crippen molar-refractivity contribution in [2.24, 2.45) is 5.92 Å². The van der Waals surface area contributed by atoms with Crippen molar-refractivity contribution in [1.82, 2.24) is 0 Å². The van der Waals surface area contributed by atoms with E-state index in [0.717, 1.165) is 32.1 Å². The highest BCUT2D eigenvalue weighted by molar-refractivity contribution is 5.94. The molecule has 0 aliphatic heterocycles. The second-order valence-corrected chi connectivity index (χ2v) is 5.52. The molecule has 1 aromatic carbocycles. The second-order valence-electron chi connectivity index (χ2n) is 5.52. The molecule has 0 amide bonds. The van der Waals surface area contributed by atoms with Crippen LogP contribution < -0.4 is 9.47 Å². The molecule has 0 N–H and O–H groups in total. The fourth-order valence-electron chi connectivity index (χ4n) is 2.63. The molecular weight excluding hydrogens is 312 g/mol. The van der Waals surface area contributed by atoms with Gasteiger partial charge in [0.2, 0.25) is 0 Å². The van der Waals surface area contributed by atoms with Crippen molar-refractivity contribution in [1.29, 1.82) is 0 Å². The van der Waals surface area contributed by atoms with Gasteiger partial charge in [-0.15, -0.1) is 0 Å². The van der Waals surface area contributed by atoms with E-state index in [1.807, 2.05) is 0 Å². The molecule has 0 atom stereocenters. The van der Waals surface area contributed by atoms with Gasteiger partial charge in [0, 0.05) is 0 Å². The number of rotatable bonds is 7. The summed E-state index contributed by atoms with van der Waals surface area (Å²) >= 11 is 0. The van der Waals surface area contributed by atoms with E-state index in [1.54, 1.807) is 0 Å². The number of benzene rings is 1. The van der Waals surface area contributed by atoms with Gasteiger partial charge in [0.1, 0.15) is 23.7 Å². The number of hydrogen-bond acceptors (Lipinski definition) is 6. The Morgan fingerprint density at radius 3 is 2.62 bits per heavy atom. The summed E-state index contributed by atoms with van der Waals surface area (Å²) in [5, 5.41) is 0. The lowest BCUT2D eigenvalue weighted by atomic mass is 9.89. The molecule has 0 aromatic heterocycles. The van der Waals surface area contributed by atoms with Crippen LogP contribution in [0.25, 0.3) is 0 Å². The van der Waals surface area contributed by atoms with E-state index in [4.69, 9.17) is 14.2 Å². The molecule has 0 radical (unpaired) electrons. The largest absolute Gasteiger partial charge is 0.458 e. The lowest BCUT2D eigenvalue weighted by molar-refractivity contribution is -0.140. The Morgan fingerprint density at radius 1 is 1.21 bits per heavy atom. The zero-order valence-corrected chi connectivity index (χ0v) is 13.4. The van der Waals surface area contributed by atoms with Crippen molar-refractivity contribution in [2.75, 3.05) is 6.61 Å². The molecule has 0 unspecified atom stereocenters. The highest BCUT2D eigenvalue weighted by atomic mass is 16.6. The molecule has 1 saturated carbocycles. The maximum absolute atomic E-state index is 12.3. The molecule has 1 aliphatic rings. The molecule has 2 rings (SSSR count). The predicted octanol–water partition coefficient (Wildman–Crippen LogP) is 3.05. The molecule has 6 heteroatoms. The quantitative estimate of drug-likeness (QED) is 0.330. The van der Waals surface area contributed by atoms with Gasteiger partial charge in [-0.05, 0) is 31.0 Å². The van der Waals surface area contributed by atoms with E-state index in [0.29, 0.717) is 0 Å².